The topological polar surface area (TPSA) is 121 Å². The molecule has 0 aliphatic carbocycles. The molecule has 0 bridgehead atoms. The van der Waals surface area contributed by atoms with Crippen LogP contribution in [-0.2, 0) is 0 Å². The number of aromatic hydroxyl groups is 1. The van der Waals surface area contributed by atoms with Gasteiger partial charge < -0.3 is 15.2 Å². The first-order valence-electron chi connectivity index (χ1n) is 5.06. The first kappa shape index (κ1) is 11.4. The maximum absolute atomic E-state index is 11.4. The maximum Gasteiger partial charge on any atom is 0.357 e. The van der Waals surface area contributed by atoms with Gasteiger partial charge >= 0.3 is 5.97 Å². The second-order valence-corrected chi connectivity index (χ2v) is 4.50. The number of carboxylic acids is 1. The van der Waals surface area contributed by atoms with Crippen LogP contribution >= 0.6 is 11.3 Å². The Labute approximate surface area is 108 Å². The average molecular weight is 278 g/mol. The van der Waals surface area contributed by atoms with E-state index in [2.05, 4.69) is 15.1 Å². The van der Waals surface area contributed by atoms with Crippen molar-refractivity contribution in [2.75, 3.05) is 0 Å². The van der Waals surface area contributed by atoms with E-state index >= 15 is 0 Å². The summed E-state index contributed by atoms with van der Waals surface area (Å²) in [4.78, 5) is 29.0. The molecule has 0 spiro atoms. The molecule has 3 heterocycles. The number of nitrogens with one attached hydrogen (secondary N) is 1. The Morgan fingerprint density at radius 1 is 1.47 bits per heavy atom. The van der Waals surface area contributed by atoms with Crippen molar-refractivity contribution in [2.45, 2.75) is 0 Å². The summed E-state index contributed by atoms with van der Waals surface area (Å²) in [5, 5.41) is 24.7. The van der Waals surface area contributed by atoms with Gasteiger partial charge in [-0.05, 0) is 0 Å². The van der Waals surface area contributed by atoms with Gasteiger partial charge in [-0.15, -0.1) is 11.3 Å². The lowest BCUT2D eigenvalue weighted by Crippen LogP contribution is -2.06. The van der Waals surface area contributed by atoms with Gasteiger partial charge in [0.1, 0.15) is 5.75 Å². The van der Waals surface area contributed by atoms with Crippen LogP contribution in [-0.4, -0.2) is 35.9 Å². The molecule has 9 heteroatoms. The lowest BCUT2D eigenvalue weighted by molar-refractivity contribution is 0.0691. The van der Waals surface area contributed by atoms with E-state index in [9.17, 15) is 14.7 Å². The first-order valence-corrected chi connectivity index (χ1v) is 5.94. The van der Waals surface area contributed by atoms with Gasteiger partial charge in [-0.3, -0.25) is 4.79 Å². The Hall–Kier alpha value is -2.68. The number of hydrogen-bond acceptors (Lipinski definition) is 6. The van der Waals surface area contributed by atoms with Crippen molar-refractivity contribution in [1.82, 2.24) is 19.7 Å². The first-order chi connectivity index (χ1) is 9.08. The number of rotatable bonds is 2. The number of thiazole rings is 1. The number of aromatic carboxylic acids is 1. The molecule has 0 fully saturated rings. The van der Waals surface area contributed by atoms with Crippen molar-refractivity contribution in [1.29, 1.82) is 0 Å². The van der Waals surface area contributed by atoms with E-state index in [0.717, 1.165) is 6.07 Å². The summed E-state index contributed by atoms with van der Waals surface area (Å²) in [5.74, 6) is -1.73. The van der Waals surface area contributed by atoms with E-state index in [0.29, 0.717) is 5.13 Å². The fraction of sp³-hybridized carbons (Fsp3) is 0. The third kappa shape index (κ3) is 1.67. The van der Waals surface area contributed by atoms with Gasteiger partial charge in [0.25, 0.3) is 5.56 Å². The number of carbonyl (C=O) groups is 1. The maximum atomic E-state index is 11.4. The molecule has 3 N–H and O–H groups in total. The minimum atomic E-state index is -1.30. The van der Waals surface area contributed by atoms with Crippen LogP contribution in [0.15, 0.2) is 22.4 Å². The monoisotopic (exact) mass is 278 g/mol. The molecule has 3 aromatic heterocycles. The molecule has 0 aliphatic rings. The Kier molecular flexibility index (Phi) is 2.35. The summed E-state index contributed by atoms with van der Waals surface area (Å²) < 4.78 is 1.19. The molecule has 0 radical (unpaired) electrons. The summed E-state index contributed by atoms with van der Waals surface area (Å²) in [7, 11) is 0. The predicted octanol–water partition coefficient (Wildman–Crippen LogP) is 0.574. The van der Waals surface area contributed by atoms with Gasteiger partial charge in [0.05, 0.1) is 5.39 Å². The fourth-order valence-corrected chi connectivity index (χ4v) is 2.33. The van der Waals surface area contributed by atoms with Crippen LogP contribution < -0.4 is 5.56 Å². The van der Waals surface area contributed by atoms with Crippen LogP contribution in [0.25, 0.3) is 16.2 Å². The zero-order valence-electron chi connectivity index (χ0n) is 9.19. The fourth-order valence-electron chi connectivity index (χ4n) is 1.73. The van der Waals surface area contributed by atoms with Crippen molar-refractivity contribution in [3.63, 3.8) is 0 Å². The standard InChI is InChI=1S/C10H6N4O4S/c15-4-3-5(16)12-8-6(4)7(9(17)18)13-14(8)10-11-1-2-19-10/h1-3H,(H,17,18)(H2,12,15,16). The molecule has 0 aliphatic heterocycles. The van der Waals surface area contributed by atoms with Crippen LogP contribution in [0.2, 0.25) is 0 Å². The van der Waals surface area contributed by atoms with Crippen molar-refractivity contribution in [2.24, 2.45) is 0 Å². The molecule has 0 saturated heterocycles. The molecule has 0 saturated carbocycles. The van der Waals surface area contributed by atoms with Crippen LogP contribution in [0, 0.1) is 0 Å². The summed E-state index contributed by atoms with van der Waals surface area (Å²) in [6, 6.07) is 0.905. The third-order valence-corrected chi connectivity index (χ3v) is 3.20. The number of carboxylic acid groups (broad SMARTS) is 1. The van der Waals surface area contributed by atoms with E-state index in [1.165, 1.54) is 22.2 Å². The third-order valence-electron chi connectivity index (χ3n) is 2.45. The van der Waals surface area contributed by atoms with Crippen molar-refractivity contribution in [3.05, 3.63) is 33.7 Å². The SMILES string of the molecule is O=C(O)c1nn(-c2nccs2)c2[nH]c(=O)cc(O)c12. The van der Waals surface area contributed by atoms with Crippen LogP contribution in [0.5, 0.6) is 5.75 Å². The quantitative estimate of drug-likeness (QED) is 0.630. The molecule has 3 aromatic rings. The van der Waals surface area contributed by atoms with Gasteiger partial charge in [0.15, 0.2) is 11.3 Å². The van der Waals surface area contributed by atoms with E-state index in [1.807, 2.05) is 0 Å². The van der Waals surface area contributed by atoms with Crippen molar-refractivity contribution >= 4 is 28.3 Å². The number of aromatic nitrogens is 4. The number of aromatic amines is 1. The molecule has 0 amide bonds. The second kappa shape index (κ2) is 3.92. The minimum absolute atomic E-state index is 0.0256. The van der Waals surface area contributed by atoms with Gasteiger partial charge in [-0.1, -0.05) is 0 Å². The van der Waals surface area contributed by atoms with E-state index in [1.54, 1.807) is 5.38 Å². The smallest absolute Gasteiger partial charge is 0.357 e. The minimum Gasteiger partial charge on any atom is -0.507 e. The van der Waals surface area contributed by atoms with Crippen molar-refractivity contribution in [3.8, 4) is 10.9 Å². The Morgan fingerprint density at radius 3 is 2.89 bits per heavy atom. The Morgan fingerprint density at radius 2 is 2.26 bits per heavy atom. The molecule has 8 nitrogen and oxygen atoms in total. The number of fused-ring (bicyclic) bond motifs is 1. The largest absolute Gasteiger partial charge is 0.507 e. The Bertz CT molecular complexity index is 833. The van der Waals surface area contributed by atoms with Crippen molar-refractivity contribution < 1.29 is 15.0 Å². The highest BCUT2D eigenvalue weighted by molar-refractivity contribution is 7.12. The second-order valence-electron chi connectivity index (χ2n) is 3.62. The molecule has 19 heavy (non-hydrogen) atoms. The average Bonchev–Trinajstić information content (AvgIpc) is 2.93. The van der Waals surface area contributed by atoms with Gasteiger partial charge in [-0.2, -0.15) is 9.78 Å². The van der Waals surface area contributed by atoms with Gasteiger partial charge in [0.2, 0.25) is 5.13 Å². The summed E-state index contributed by atoms with van der Waals surface area (Å²) in [6.45, 7) is 0. The molecular weight excluding hydrogens is 272 g/mol. The van der Waals surface area contributed by atoms with Crippen LogP contribution in [0.3, 0.4) is 0 Å². The van der Waals surface area contributed by atoms with E-state index < -0.39 is 17.3 Å². The number of hydrogen-bond donors (Lipinski definition) is 3. The zero-order valence-corrected chi connectivity index (χ0v) is 10.0. The zero-order chi connectivity index (χ0) is 13.6. The lowest BCUT2D eigenvalue weighted by Gasteiger charge is -1.97. The van der Waals surface area contributed by atoms with Crippen LogP contribution in [0.1, 0.15) is 10.5 Å². The molecule has 0 aromatic carbocycles. The van der Waals surface area contributed by atoms with Crippen LogP contribution in [0.4, 0.5) is 0 Å². The molecule has 0 unspecified atom stereocenters. The summed E-state index contributed by atoms with van der Waals surface area (Å²) >= 11 is 1.22. The van der Waals surface area contributed by atoms with Gasteiger partial charge in [0, 0.05) is 17.6 Å². The summed E-state index contributed by atoms with van der Waals surface area (Å²) in [5.41, 5.74) is -0.809. The normalized spacial score (nSPS) is 10.9. The number of nitrogens with zero attached hydrogens (tertiary/aromatic N) is 3. The highest BCUT2D eigenvalue weighted by atomic mass is 32.1. The van der Waals surface area contributed by atoms with Gasteiger partial charge in [-0.25, -0.2) is 9.78 Å². The lowest BCUT2D eigenvalue weighted by atomic mass is 10.2. The highest BCUT2D eigenvalue weighted by Crippen LogP contribution is 2.27. The molecule has 0 atom stereocenters. The predicted molar refractivity (Wildman–Crippen MR) is 66.0 cm³/mol. The number of H-pyrrole nitrogens is 1. The molecular formula is C10H6N4O4S. The molecule has 3 rings (SSSR count). The Balaban J connectivity index is 2.47. The number of pyridine rings is 1. The highest BCUT2D eigenvalue weighted by Gasteiger charge is 2.22. The van der Waals surface area contributed by atoms with E-state index in [-0.39, 0.29) is 16.7 Å². The summed E-state index contributed by atoms with van der Waals surface area (Å²) in [6.07, 6.45) is 1.52. The molecule has 96 valence electrons. The van der Waals surface area contributed by atoms with E-state index in [4.69, 9.17) is 5.11 Å².